The highest BCUT2D eigenvalue weighted by Crippen LogP contribution is 2.41. The van der Waals surface area contributed by atoms with Gasteiger partial charge in [0, 0.05) is 17.5 Å². The Kier molecular flexibility index (Phi) is 2.97. The van der Waals surface area contributed by atoms with Crippen LogP contribution >= 0.6 is 27.5 Å². The first-order valence-electron chi connectivity index (χ1n) is 6.50. The second kappa shape index (κ2) is 4.82. The Labute approximate surface area is 128 Å². The molecule has 100 valence electrons. The average molecular weight is 347 g/mol. The molecule has 0 amide bonds. The number of hydrogen-bond donors (Lipinski definition) is 0. The molecule has 20 heavy (non-hydrogen) atoms. The van der Waals surface area contributed by atoms with Gasteiger partial charge in [-0.1, -0.05) is 30.3 Å². The summed E-state index contributed by atoms with van der Waals surface area (Å²) in [7, 11) is 0. The molecule has 3 nitrogen and oxygen atoms in total. The molecule has 4 rings (SSSR count). The van der Waals surface area contributed by atoms with E-state index in [1.54, 1.807) is 0 Å². The Balaban J connectivity index is 1.68. The molecule has 1 saturated carbocycles. The van der Waals surface area contributed by atoms with Gasteiger partial charge in [-0.2, -0.15) is 9.36 Å². The first-order chi connectivity index (χ1) is 9.81. The van der Waals surface area contributed by atoms with E-state index in [1.807, 2.05) is 18.2 Å². The molecule has 0 unspecified atom stereocenters. The van der Waals surface area contributed by atoms with Crippen molar-refractivity contribution in [3.63, 3.8) is 0 Å². The van der Waals surface area contributed by atoms with E-state index in [0.29, 0.717) is 11.1 Å². The fourth-order valence-corrected chi connectivity index (χ4v) is 3.35. The fourth-order valence-electron chi connectivity index (χ4n) is 2.16. The van der Waals surface area contributed by atoms with Gasteiger partial charge in [0.1, 0.15) is 11.6 Å². The number of ether oxygens (including phenoxy) is 1. The molecule has 5 heteroatoms. The van der Waals surface area contributed by atoms with Crippen LogP contribution in [-0.2, 0) is 0 Å². The molecule has 0 aliphatic heterocycles. The molecule has 1 fully saturated rings. The van der Waals surface area contributed by atoms with Gasteiger partial charge >= 0.3 is 0 Å². The summed E-state index contributed by atoms with van der Waals surface area (Å²) in [5.74, 6) is 2.27. The quantitative estimate of drug-likeness (QED) is 0.659. The highest BCUT2D eigenvalue weighted by atomic mass is 79.9. The summed E-state index contributed by atoms with van der Waals surface area (Å²) in [6.07, 6.45) is 2.41. The van der Waals surface area contributed by atoms with Crippen LogP contribution in [0.4, 0.5) is 0 Å². The standard InChI is InChI=1S/C15H11BrN2OS/c16-13-11-4-2-1-3-9(11)7-8-12(13)19-15-17-14(18-20-15)10-5-6-10/h1-4,7-8,10H,5-6H2. The third-order valence-corrected chi connectivity index (χ3v) is 4.82. The van der Waals surface area contributed by atoms with Gasteiger partial charge in [-0.3, -0.25) is 0 Å². The van der Waals surface area contributed by atoms with Crippen molar-refractivity contribution in [1.82, 2.24) is 9.36 Å². The maximum Gasteiger partial charge on any atom is 0.298 e. The number of nitrogens with zero attached hydrogens (tertiary/aromatic N) is 2. The summed E-state index contributed by atoms with van der Waals surface area (Å²) < 4.78 is 11.2. The van der Waals surface area contributed by atoms with Gasteiger partial charge in [0.05, 0.1) is 4.47 Å². The van der Waals surface area contributed by atoms with Crippen molar-refractivity contribution in [2.24, 2.45) is 0 Å². The van der Waals surface area contributed by atoms with Crippen LogP contribution in [0.2, 0.25) is 0 Å². The third kappa shape index (κ3) is 2.21. The molecular weight excluding hydrogens is 336 g/mol. The molecule has 1 heterocycles. The molecule has 3 aromatic rings. The van der Waals surface area contributed by atoms with Gasteiger partial charge in [0.2, 0.25) is 0 Å². The summed E-state index contributed by atoms with van der Waals surface area (Å²) in [6, 6.07) is 12.2. The summed E-state index contributed by atoms with van der Waals surface area (Å²) in [5.41, 5.74) is 0. The van der Waals surface area contributed by atoms with Crippen molar-refractivity contribution in [3.05, 3.63) is 46.7 Å². The van der Waals surface area contributed by atoms with Crippen LogP contribution in [0, 0.1) is 0 Å². The van der Waals surface area contributed by atoms with Gasteiger partial charge in [-0.15, -0.1) is 0 Å². The summed E-state index contributed by atoms with van der Waals surface area (Å²) in [5, 5.41) is 2.93. The van der Waals surface area contributed by atoms with Crippen molar-refractivity contribution >= 4 is 38.2 Å². The largest absolute Gasteiger partial charge is 0.429 e. The van der Waals surface area contributed by atoms with E-state index in [0.717, 1.165) is 21.4 Å². The number of aromatic nitrogens is 2. The van der Waals surface area contributed by atoms with Crippen LogP contribution in [0.15, 0.2) is 40.9 Å². The van der Waals surface area contributed by atoms with E-state index in [9.17, 15) is 0 Å². The molecule has 1 aromatic heterocycles. The van der Waals surface area contributed by atoms with Crippen LogP contribution in [0.25, 0.3) is 10.8 Å². The van der Waals surface area contributed by atoms with Gasteiger partial charge in [0.15, 0.2) is 0 Å². The number of hydrogen-bond acceptors (Lipinski definition) is 4. The summed E-state index contributed by atoms with van der Waals surface area (Å²) in [6.45, 7) is 0. The van der Waals surface area contributed by atoms with Gasteiger partial charge in [0.25, 0.3) is 5.19 Å². The lowest BCUT2D eigenvalue weighted by Crippen LogP contribution is -1.87. The topological polar surface area (TPSA) is 35.0 Å². The minimum Gasteiger partial charge on any atom is -0.429 e. The van der Waals surface area contributed by atoms with E-state index in [1.165, 1.54) is 29.8 Å². The van der Waals surface area contributed by atoms with Crippen molar-refractivity contribution in [3.8, 4) is 10.9 Å². The second-order valence-electron chi connectivity index (χ2n) is 4.89. The van der Waals surface area contributed by atoms with Gasteiger partial charge in [-0.05, 0) is 45.6 Å². The van der Waals surface area contributed by atoms with Crippen molar-refractivity contribution < 1.29 is 4.74 Å². The normalized spacial score (nSPS) is 14.7. The van der Waals surface area contributed by atoms with Crippen LogP contribution in [-0.4, -0.2) is 9.36 Å². The maximum atomic E-state index is 5.87. The molecule has 0 radical (unpaired) electrons. The lowest BCUT2D eigenvalue weighted by molar-refractivity contribution is 0.475. The molecule has 0 spiro atoms. The number of rotatable bonds is 3. The minimum atomic E-state index is 0.559. The van der Waals surface area contributed by atoms with E-state index < -0.39 is 0 Å². The Morgan fingerprint density at radius 2 is 2.00 bits per heavy atom. The predicted molar refractivity (Wildman–Crippen MR) is 83.6 cm³/mol. The Hall–Kier alpha value is -1.46. The predicted octanol–water partition coefficient (Wildman–Crippen LogP) is 5.12. The van der Waals surface area contributed by atoms with Crippen molar-refractivity contribution in [2.75, 3.05) is 0 Å². The zero-order valence-corrected chi connectivity index (χ0v) is 12.9. The molecule has 1 aliphatic carbocycles. The monoisotopic (exact) mass is 346 g/mol. The first kappa shape index (κ1) is 12.3. The number of halogens is 1. The lowest BCUT2D eigenvalue weighted by atomic mass is 10.1. The van der Waals surface area contributed by atoms with E-state index in [4.69, 9.17) is 4.74 Å². The van der Waals surface area contributed by atoms with Crippen LogP contribution < -0.4 is 4.74 Å². The van der Waals surface area contributed by atoms with Crippen LogP contribution in [0.1, 0.15) is 24.6 Å². The second-order valence-corrected chi connectivity index (χ2v) is 6.40. The highest BCUT2D eigenvalue weighted by molar-refractivity contribution is 9.10. The molecule has 0 N–H and O–H groups in total. The average Bonchev–Trinajstić information content (AvgIpc) is 3.23. The van der Waals surface area contributed by atoms with Crippen molar-refractivity contribution in [2.45, 2.75) is 18.8 Å². The molecule has 0 atom stereocenters. The molecule has 0 bridgehead atoms. The number of fused-ring (bicyclic) bond motifs is 1. The van der Waals surface area contributed by atoms with E-state index in [-0.39, 0.29) is 0 Å². The Morgan fingerprint density at radius 3 is 2.85 bits per heavy atom. The zero-order valence-electron chi connectivity index (χ0n) is 10.5. The van der Waals surface area contributed by atoms with Gasteiger partial charge < -0.3 is 4.74 Å². The fraction of sp³-hybridized carbons (Fsp3) is 0.200. The number of benzene rings is 2. The van der Waals surface area contributed by atoms with E-state index >= 15 is 0 Å². The third-order valence-electron chi connectivity index (χ3n) is 3.39. The molecule has 1 aliphatic rings. The Bertz CT molecular complexity index is 782. The Morgan fingerprint density at radius 1 is 1.15 bits per heavy atom. The van der Waals surface area contributed by atoms with Crippen molar-refractivity contribution in [1.29, 1.82) is 0 Å². The molecular formula is C15H11BrN2OS. The zero-order chi connectivity index (χ0) is 13.5. The molecule has 0 saturated heterocycles. The smallest absolute Gasteiger partial charge is 0.298 e. The van der Waals surface area contributed by atoms with E-state index in [2.05, 4.69) is 43.5 Å². The minimum absolute atomic E-state index is 0.559. The summed E-state index contributed by atoms with van der Waals surface area (Å²) >= 11 is 4.94. The lowest BCUT2D eigenvalue weighted by Gasteiger charge is -2.07. The SMILES string of the molecule is Brc1c(Oc2nc(C3CC3)ns2)ccc2ccccc12. The molecule has 2 aromatic carbocycles. The maximum absolute atomic E-state index is 5.87. The van der Waals surface area contributed by atoms with Crippen LogP contribution in [0.5, 0.6) is 10.9 Å². The first-order valence-corrected chi connectivity index (χ1v) is 8.06. The van der Waals surface area contributed by atoms with Crippen LogP contribution in [0.3, 0.4) is 0 Å². The highest BCUT2D eigenvalue weighted by Gasteiger charge is 2.28. The van der Waals surface area contributed by atoms with Gasteiger partial charge in [-0.25, -0.2) is 0 Å². The summed E-state index contributed by atoms with van der Waals surface area (Å²) in [4.78, 5) is 4.45.